The van der Waals surface area contributed by atoms with Crippen molar-refractivity contribution in [1.29, 1.82) is 0 Å². The molecule has 32 heavy (non-hydrogen) atoms. The topological polar surface area (TPSA) is 83.8 Å². The number of halogens is 1. The largest absolute Gasteiger partial charge is 0.508 e. The molecule has 1 heterocycles. The van der Waals surface area contributed by atoms with Gasteiger partial charge in [-0.1, -0.05) is 23.7 Å². The van der Waals surface area contributed by atoms with Crippen molar-refractivity contribution in [2.24, 2.45) is 0 Å². The van der Waals surface area contributed by atoms with Gasteiger partial charge in [0.05, 0.1) is 0 Å². The van der Waals surface area contributed by atoms with Crippen molar-refractivity contribution < 1.29 is 24.5 Å². The maximum atomic E-state index is 13.4. The van der Waals surface area contributed by atoms with E-state index < -0.39 is 5.97 Å². The lowest BCUT2D eigenvalue weighted by Crippen LogP contribution is -2.03. The molecule has 1 aromatic heterocycles. The van der Waals surface area contributed by atoms with Crippen LogP contribution in [0.2, 0.25) is 5.02 Å². The Labute approximate surface area is 192 Å². The Morgan fingerprint density at radius 2 is 1.78 bits per heavy atom. The van der Waals surface area contributed by atoms with E-state index in [9.17, 15) is 14.7 Å². The molecule has 0 aliphatic heterocycles. The minimum Gasteiger partial charge on any atom is -0.508 e. The number of hydrogen-bond acceptors (Lipinski definition) is 5. The van der Waals surface area contributed by atoms with Crippen LogP contribution in [0.25, 0.3) is 16.2 Å². The Bertz CT molecular complexity index is 1370. The van der Waals surface area contributed by atoms with E-state index in [0.717, 1.165) is 16.3 Å². The summed E-state index contributed by atoms with van der Waals surface area (Å²) in [5.41, 5.74) is 1.97. The third kappa shape index (κ3) is 4.51. The van der Waals surface area contributed by atoms with Crippen LogP contribution in [0.1, 0.15) is 26.4 Å². The first kappa shape index (κ1) is 21.6. The first-order valence-corrected chi connectivity index (χ1v) is 10.8. The predicted octanol–water partition coefficient (Wildman–Crippen LogP) is 6.69. The average molecular weight is 465 g/mol. The molecule has 160 valence electrons. The number of thiophene rings is 1. The third-order valence-corrected chi connectivity index (χ3v) is 6.15. The number of ether oxygens (including phenoxy) is 1. The van der Waals surface area contributed by atoms with Gasteiger partial charge in [-0.2, -0.15) is 0 Å². The molecule has 0 spiro atoms. The van der Waals surface area contributed by atoms with Crippen LogP contribution in [-0.2, 0) is 4.79 Å². The van der Waals surface area contributed by atoms with Gasteiger partial charge in [0.1, 0.15) is 16.4 Å². The second-order valence-electron chi connectivity index (χ2n) is 7.07. The van der Waals surface area contributed by atoms with Gasteiger partial charge in [-0.15, -0.1) is 11.3 Å². The van der Waals surface area contributed by atoms with Crippen LogP contribution in [0.15, 0.2) is 66.7 Å². The number of carbonyl (C=O) groups is 2. The Morgan fingerprint density at radius 3 is 2.47 bits per heavy atom. The van der Waals surface area contributed by atoms with Gasteiger partial charge in [0.15, 0.2) is 5.75 Å². The summed E-state index contributed by atoms with van der Waals surface area (Å²) in [6.07, 6.45) is 2.53. The lowest BCUT2D eigenvalue weighted by Gasteiger charge is -2.09. The second kappa shape index (κ2) is 8.86. The van der Waals surface area contributed by atoms with Crippen LogP contribution >= 0.6 is 22.9 Å². The number of fused-ring (bicyclic) bond motifs is 1. The molecule has 4 aromatic rings. The van der Waals surface area contributed by atoms with Crippen LogP contribution in [0.5, 0.6) is 17.2 Å². The summed E-state index contributed by atoms with van der Waals surface area (Å²) in [7, 11) is 0. The Balaban J connectivity index is 1.76. The van der Waals surface area contributed by atoms with Crippen molar-refractivity contribution in [3.63, 3.8) is 0 Å². The first-order chi connectivity index (χ1) is 15.3. The highest BCUT2D eigenvalue weighted by atomic mass is 35.5. The van der Waals surface area contributed by atoms with Crippen molar-refractivity contribution in [3.05, 3.63) is 93.3 Å². The SMILES string of the molecule is Cc1cc(Cl)ccc1C(=O)c1sc2cc(O)ccc2c1Oc1ccc(/C=C/C(=O)O)cc1. The van der Waals surface area contributed by atoms with E-state index >= 15 is 0 Å². The molecule has 0 saturated carbocycles. The smallest absolute Gasteiger partial charge is 0.328 e. The molecular formula is C25H17ClO5S. The molecule has 7 heteroatoms. The van der Waals surface area contributed by atoms with Gasteiger partial charge in [0.25, 0.3) is 0 Å². The number of benzene rings is 3. The highest BCUT2D eigenvalue weighted by molar-refractivity contribution is 7.21. The normalized spacial score (nSPS) is 11.2. The molecule has 0 unspecified atom stereocenters. The summed E-state index contributed by atoms with van der Waals surface area (Å²) in [5, 5.41) is 19.9. The number of carboxylic acids is 1. The number of aromatic hydroxyl groups is 1. The van der Waals surface area contributed by atoms with Gasteiger partial charge in [0.2, 0.25) is 5.78 Å². The quantitative estimate of drug-likeness (QED) is 0.245. The number of carbonyl (C=O) groups excluding carboxylic acids is 1. The summed E-state index contributed by atoms with van der Waals surface area (Å²) < 4.78 is 6.85. The number of carboxylic acid groups (broad SMARTS) is 1. The molecule has 0 aliphatic rings. The number of aryl methyl sites for hydroxylation is 1. The highest BCUT2D eigenvalue weighted by Gasteiger charge is 2.23. The fourth-order valence-electron chi connectivity index (χ4n) is 3.25. The fourth-order valence-corrected chi connectivity index (χ4v) is 4.59. The number of hydrogen-bond donors (Lipinski definition) is 2. The van der Waals surface area contributed by atoms with E-state index in [1.807, 2.05) is 6.92 Å². The molecule has 3 aromatic carbocycles. The zero-order valence-electron chi connectivity index (χ0n) is 16.8. The van der Waals surface area contributed by atoms with Gasteiger partial charge in [-0.05, 0) is 72.7 Å². The van der Waals surface area contributed by atoms with Crippen molar-refractivity contribution in [2.75, 3.05) is 0 Å². The van der Waals surface area contributed by atoms with Gasteiger partial charge in [-0.25, -0.2) is 4.79 Å². The van der Waals surface area contributed by atoms with Crippen LogP contribution in [0.4, 0.5) is 0 Å². The molecule has 0 atom stereocenters. The number of aliphatic carboxylic acids is 1. The van der Waals surface area contributed by atoms with Crippen molar-refractivity contribution in [3.8, 4) is 17.2 Å². The van der Waals surface area contributed by atoms with Gasteiger partial charge in [-0.3, -0.25) is 4.79 Å². The van der Waals surface area contributed by atoms with Crippen molar-refractivity contribution in [2.45, 2.75) is 6.92 Å². The zero-order valence-corrected chi connectivity index (χ0v) is 18.4. The summed E-state index contributed by atoms with van der Waals surface area (Å²) in [6.45, 7) is 1.82. The minimum absolute atomic E-state index is 0.0987. The molecule has 4 rings (SSSR count). The number of phenols is 1. The number of rotatable bonds is 6. The maximum Gasteiger partial charge on any atom is 0.328 e. The van der Waals surface area contributed by atoms with Crippen molar-refractivity contribution >= 4 is 50.9 Å². The highest BCUT2D eigenvalue weighted by Crippen LogP contribution is 2.43. The Kier molecular flexibility index (Phi) is 5.99. The van der Waals surface area contributed by atoms with E-state index in [4.69, 9.17) is 21.4 Å². The molecule has 0 bridgehead atoms. The Morgan fingerprint density at radius 1 is 1.03 bits per heavy atom. The third-order valence-electron chi connectivity index (χ3n) is 4.79. The van der Waals surface area contributed by atoms with E-state index in [-0.39, 0.29) is 11.5 Å². The van der Waals surface area contributed by atoms with Gasteiger partial charge in [0, 0.05) is 26.7 Å². The van der Waals surface area contributed by atoms with Crippen LogP contribution in [0, 0.1) is 6.92 Å². The summed E-state index contributed by atoms with van der Waals surface area (Å²) in [4.78, 5) is 24.5. The van der Waals surface area contributed by atoms with E-state index in [2.05, 4.69) is 0 Å². The summed E-state index contributed by atoms with van der Waals surface area (Å²) in [6, 6.07) is 16.8. The van der Waals surface area contributed by atoms with Crippen LogP contribution in [-0.4, -0.2) is 22.0 Å². The summed E-state index contributed by atoms with van der Waals surface area (Å²) in [5.74, 6) is -0.235. The molecule has 0 saturated heterocycles. The average Bonchev–Trinajstić information content (AvgIpc) is 3.10. The molecule has 0 aliphatic carbocycles. The lowest BCUT2D eigenvalue weighted by molar-refractivity contribution is -0.131. The predicted molar refractivity (Wildman–Crippen MR) is 126 cm³/mol. The van der Waals surface area contributed by atoms with Gasteiger partial charge >= 0.3 is 5.97 Å². The van der Waals surface area contributed by atoms with E-state index in [1.54, 1.807) is 60.7 Å². The fraction of sp³-hybridized carbons (Fsp3) is 0.0400. The molecule has 2 N–H and O–H groups in total. The van der Waals surface area contributed by atoms with Crippen LogP contribution in [0.3, 0.4) is 0 Å². The molecule has 0 amide bonds. The minimum atomic E-state index is -1.03. The van der Waals surface area contributed by atoms with E-state index in [1.165, 1.54) is 17.4 Å². The monoisotopic (exact) mass is 464 g/mol. The molecule has 5 nitrogen and oxygen atoms in total. The van der Waals surface area contributed by atoms with Gasteiger partial charge < -0.3 is 14.9 Å². The maximum absolute atomic E-state index is 13.4. The van der Waals surface area contributed by atoms with Crippen molar-refractivity contribution in [1.82, 2.24) is 0 Å². The molecule has 0 radical (unpaired) electrons. The summed E-state index contributed by atoms with van der Waals surface area (Å²) >= 11 is 7.29. The lowest BCUT2D eigenvalue weighted by atomic mass is 10.0. The standard InChI is InChI=1S/C25H17ClO5S/c1-14-12-16(26)5-9-19(14)23(30)25-24(20-10-6-17(27)13-21(20)32-25)31-18-7-2-15(3-8-18)4-11-22(28)29/h2-13,27H,1H3,(H,28,29)/b11-4+. The molecule has 0 fully saturated rings. The molecular weight excluding hydrogens is 448 g/mol. The number of phenolic OH excluding ortho intramolecular Hbond substituents is 1. The Hall–Kier alpha value is -3.61. The second-order valence-corrected chi connectivity index (χ2v) is 8.56. The van der Waals surface area contributed by atoms with E-state index in [0.29, 0.717) is 37.9 Å². The zero-order chi connectivity index (χ0) is 22.8. The number of ketones is 1. The van der Waals surface area contributed by atoms with Crippen LogP contribution < -0.4 is 4.74 Å². The first-order valence-electron chi connectivity index (χ1n) is 9.57.